The summed E-state index contributed by atoms with van der Waals surface area (Å²) in [4.78, 5) is 15.9. The van der Waals surface area contributed by atoms with Gasteiger partial charge < -0.3 is 15.5 Å². The van der Waals surface area contributed by atoms with Crippen molar-refractivity contribution >= 4 is 35.3 Å². The van der Waals surface area contributed by atoms with Gasteiger partial charge in [0.25, 0.3) is 0 Å². The SMILES string of the molecule is CN(C)c1nc(N2CCN(Cc3ccccc3)CC2)ncc1C=NNC(N)=S. The molecule has 0 aliphatic carbocycles. The van der Waals surface area contributed by atoms with Gasteiger partial charge >= 0.3 is 0 Å². The number of aromatic nitrogens is 2. The fourth-order valence-electron chi connectivity index (χ4n) is 3.09. The largest absolute Gasteiger partial charge is 0.375 e. The molecule has 28 heavy (non-hydrogen) atoms. The predicted molar refractivity (Wildman–Crippen MR) is 118 cm³/mol. The number of thiocarbonyl (C=S) groups is 1. The lowest BCUT2D eigenvalue weighted by atomic mass is 10.2. The Morgan fingerprint density at radius 2 is 1.96 bits per heavy atom. The zero-order valence-electron chi connectivity index (χ0n) is 16.2. The molecule has 1 fully saturated rings. The Morgan fingerprint density at radius 1 is 1.25 bits per heavy atom. The average Bonchev–Trinajstić information content (AvgIpc) is 2.69. The molecule has 148 valence electrons. The molecule has 8 nitrogen and oxygen atoms in total. The Bertz CT molecular complexity index is 816. The Kier molecular flexibility index (Phi) is 6.72. The molecule has 3 rings (SSSR count). The highest BCUT2D eigenvalue weighted by Gasteiger charge is 2.20. The van der Waals surface area contributed by atoms with Gasteiger partial charge in [0.15, 0.2) is 5.11 Å². The molecule has 0 atom stereocenters. The molecule has 1 aliphatic heterocycles. The van der Waals surface area contributed by atoms with Crippen LogP contribution in [0.1, 0.15) is 11.1 Å². The highest BCUT2D eigenvalue weighted by Crippen LogP contribution is 2.19. The molecule has 9 heteroatoms. The standard InChI is InChI=1S/C19H26N8S/c1-25(2)17-16(13-22-24-18(20)28)12-21-19(23-17)27-10-8-26(9-11-27)14-15-6-4-3-5-7-15/h3-7,12-13H,8-11,14H2,1-2H3,(H3,20,24,28). The van der Waals surface area contributed by atoms with Crippen LogP contribution in [0.5, 0.6) is 0 Å². The normalized spacial score (nSPS) is 15.0. The van der Waals surface area contributed by atoms with Gasteiger partial charge in [0.1, 0.15) is 5.82 Å². The van der Waals surface area contributed by atoms with Crippen LogP contribution < -0.4 is 21.0 Å². The summed E-state index contributed by atoms with van der Waals surface area (Å²) in [5.41, 5.74) is 10.1. The van der Waals surface area contributed by atoms with Crippen molar-refractivity contribution in [3.63, 3.8) is 0 Å². The topological polar surface area (TPSA) is 85.9 Å². The molecule has 1 aromatic heterocycles. The van der Waals surface area contributed by atoms with Crippen molar-refractivity contribution in [2.24, 2.45) is 10.8 Å². The first kappa shape index (κ1) is 20.0. The summed E-state index contributed by atoms with van der Waals surface area (Å²) < 4.78 is 0. The summed E-state index contributed by atoms with van der Waals surface area (Å²) in [6.45, 7) is 4.74. The second-order valence-electron chi connectivity index (χ2n) is 6.83. The zero-order valence-corrected chi connectivity index (χ0v) is 17.1. The van der Waals surface area contributed by atoms with Crippen molar-refractivity contribution in [3.05, 3.63) is 47.7 Å². The van der Waals surface area contributed by atoms with E-state index < -0.39 is 0 Å². The van der Waals surface area contributed by atoms with Gasteiger partial charge in [-0.1, -0.05) is 30.3 Å². The van der Waals surface area contributed by atoms with E-state index >= 15 is 0 Å². The molecule has 0 amide bonds. The van der Waals surface area contributed by atoms with E-state index in [-0.39, 0.29) is 5.11 Å². The van der Waals surface area contributed by atoms with Crippen LogP contribution in [0.2, 0.25) is 0 Å². The van der Waals surface area contributed by atoms with E-state index in [4.69, 9.17) is 22.9 Å². The first-order valence-corrected chi connectivity index (χ1v) is 9.58. The average molecular weight is 399 g/mol. The molecule has 1 aliphatic rings. The smallest absolute Gasteiger partial charge is 0.227 e. The van der Waals surface area contributed by atoms with E-state index in [1.807, 2.05) is 19.0 Å². The van der Waals surface area contributed by atoms with Crippen LogP contribution in [0.4, 0.5) is 11.8 Å². The van der Waals surface area contributed by atoms with Gasteiger partial charge in [-0.3, -0.25) is 10.3 Å². The highest BCUT2D eigenvalue weighted by molar-refractivity contribution is 7.80. The van der Waals surface area contributed by atoms with Crippen LogP contribution in [0, 0.1) is 0 Å². The first-order valence-electron chi connectivity index (χ1n) is 9.17. The molecule has 2 aromatic rings. The Hall–Kier alpha value is -2.78. The van der Waals surface area contributed by atoms with Crippen molar-refractivity contribution in [3.8, 4) is 0 Å². The van der Waals surface area contributed by atoms with E-state index in [2.05, 4.69) is 55.6 Å². The van der Waals surface area contributed by atoms with Gasteiger partial charge in [0.2, 0.25) is 5.95 Å². The van der Waals surface area contributed by atoms with E-state index in [1.54, 1.807) is 12.4 Å². The van der Waals surface area contributed by atoms with Crippen LogP contribution in [0.15, 0.2) is 41.6 Å². The van der Waals surface area contributed by atoms with Crippen LogP contribution in [0.25, 0.3) is 0 Å². The summed E-state index contributed by atoms with van der Waals surface area (Å²) in [7, 11) is 3.89. The highest BCUT2D eigenvalue weighted by atomic mass is 32.1. The van der Waals surface area contributed by atoms with Gasteiger partial charge in [0, 0.05) is 53.0 Å². The minimum absolute atomic E-state index is 0.119. The number of anilines is 2. The molecule has 0 saturated carbocycles. The summed E-state index contributed by atoms with van der Waals surface area (Å²) in [5.74, 6) is 1.53. The van der Waals surface area contributed by atoms with Crippen LogP contribution in [-0.4, -0.2) is 66.5 Å². The maximum Gasteiger partial charge on any atom is 0.227 e. The maximum atomic E-state index is 5.39. The minimum Gasteiger partial charge on any atom is -0.375 e. The Morgan fingerprint density at radius 3 is 2.61 bits per heavy atom. The van der Waals surface area contributed by atoms with Gasteiger partial charge in [0.05, 0.1) is 11.8 Å². The fourth-order valence-corrected chi connectivity index (χ4v) is 3.14. The third-order valence-electron chi connectivity index (χ3n) is 4.49. The van der Waals surface area contributed by atoms with Crippen molar-refractivity contribution in [2.45, 2.75) is 6.54 Å². The summed E-state index contributed by atoms with van der Waals surface area (Å²) in [5, 5.41) is 4.13. The number of hydrazone groups is 1. The second kappa shape index (κ2) is 9.43. The molecule has 0 radical (unpaired) electrons. The quantitative estimate of drug-likeness (QED) is 0.424. The molecular weight excluding hydrogens is 372 g/mol. The molecule has 3 N–H and O–H groups in total. The lowest BCUT2D eigenvalue weighted by Crippen LogP contribution is -2.46. The van der Waals surface area contributed by atoms with Crippen molar-refractivity contribution in [1.29, 1.82) is 0 Å². The molecule has 0 bridgehead atoms. The monoisotopic (exact) mass is 398 g/mol. The molecule has 1 saturated heterocycles. The summed E-state index contributed by atoms with van der Waals surface area (Å²) in [6, 6.07) is 10.6. The minimum atomic E-state index is 0.119. The second-order valence-corrected chi connectivity index (χ2v) is 7.27. The molecule has 0 unspecified atom stereocenters. The number of nitrogens with two attached hydrogens (primary N) is 1. The number of nitrogens with zero attached hydrogens (tertiary/aromatic N) is 6. The third kappa shape index (κ3) is 5.37. The van der Waals surface area contributed by atoms with Crippen molar-refractivity contribution < 1.29 is 0 Å². The van der Waals surface area contributed by atoms with Crippen molar-refractivity contribution in [1.82, 2.24) is 20.3 Å². The zero-order chi connectivity index (χ0) is 19.9. The lowest BCUT2D eigenvalue weighted by molar-refractivity contribution is 0.248. The van der Waals surface area contributed by atoms with E-state index in [0.717, 1.165) is 50.1 Å². The summed E-state index contributed by atoms with van der Waals surface area (Å²) >= 11 is 4.75. The molecule has 2 heterocycles. The molecular formula is C19H26N8S. The maximum absolute atomic E-state index is 5.39. The van der Waals surface area contributed by atoms with Gasteiger partial charge in [-0.15, -0.1) is 0 Å². The lowest BCUT2D eigenvalue weighted by Gasteiger charge is -2.35. The van der Waals surface area contributed by atoms with E-state index in [9.17, 15) is 0 Å². The Balaban J connectivity index is 1.64. The predicted octanol–water partition coefficient (Wildman–Crippen LogP) is 1.03. The molecule has 1 aromatic carbocycles. The number of benzene rings is 1. The van der Waals surface area contributed by atoms with Crippen LogP contribution in [0.3, 0.4) is 0 Å². The summed E-state index contributed by atoms with van der Waals surface area (Å²) in [6.07, 6.45) is 3.40. The number of piperazine rings is 1. The van der Waals surface area contributed by atoms with E-state index in [0.29, 0.717) is 0 Å². The van der Waals surface area contributed by atoms with Gasteiger partial charge in [-0.05, 0) is 17.8 Å². The number of rotatable bonds is 6. The van der Waals surface area contributed by atoms with E-state index in [1.165, 1.54) is 5.56 Å². The number of hydrogen-bond donors (Lipinski definition) is 2. The van der Waals surface area contributed by atoms with Crippen LogP contribution >= 0.6 is 12.2 Å². The van der Waals surface area contributed by atoms with Crippen molar-refractivity contribution in [2.75, 3.05) is 50.1 Å². The van der Waals surface area contributed by atoms with Gasteiger partial charge in [-0.2, -0.15) is 10.1 Å². The first-order chi connectivity index (χ1) is 13.5. The number of nitrogens with one attached hydrogen (secondary N) is 1. The molecule has 0 spiro atoms. The number of hydrogen-bond acceptors (Lipinski definition) is 7. The third-order valence-corrected chi connectivity index (χ3v) is 4.58. The van der Waals surface area contributed by atoms with Gasteiger partial charge in [-0.25, -0.2) is 4.98 Å². The van der Waals surface area contributed by atoms with Crippen LogP contribution in [-0.2, 0) is 6.54 Å². The fraction of sp³-hybridized carbons (Fsp3) is 0.368. The Labute approximate surface area is 171 Å².